The van der Waals surface area contributed by atoms with E-state index in [1.54, 1.807) is 0 Å². The van der Waals surface area contributed by atoms with E-state index in [1.165, 1.54) is 0 Å². The first-order chi connectivity index (χ1) is 8.71. The molecule has 2 heterocycles. The van der Waals surface area contributed by atoms with E-state index >= 15 is 0 Å². The zero-order valence-corrected chi connectivity index (χ0v) is 11.0. The quantitative estimate of drug-likeness (QED) is 0.768. The molecule has 0 aromatic carbocycles. The third-order valence-electron chi connectivity index (χ3n) is 4.09. The van der Waals surface area contributed by atoms with Gasteiger partial charge < -0.3 is 19.9 Å². The van der Waals surface area contributed by atoms with Crippen molar-refractivity contribution >= 4 is 5.91 Å². The Morgan fingerprint density at radius 2 is 2.11 bits per heavy atom. The van der Waals surface area contributed by atoms with Gasteiger partial charge in [0.25, 0.3) is 0 Å². The molecular weight excluding hydrogens is 234 g/mol. The van der Waals surface area contributed by atoms with Crippen LogP contribution in [0, 0.1) is 5.92 Å². The van der Waals surface area contributed by atoms with Crippen LogP contribution < -0.4 is 5.32 Å². The molecular formula is C13H23NO4. The van der Waals surface area contributed by atoms with Crippen LogP contribution in [0.3, 0.4) is 0 Å². The Labute approximate surface area is 108 Å². The smallest absolute Gasteiger partial charge is 0.226 e. The van der Waals surface area contributed by atoms with E-state index in [-0.39, 0.29) is 24.5 Å². The Kier molecular flexibility index (Phi) is 4.59. The topological polar surface area (TPSA) is 67.8 Å². The van der Waals surface area contributed by atoms with Gasteiger partial charge in [-0.2, -0.15) is 0 Å². The first-order valence-corrected chi connectivity index (χ1v) is 6.83. The van der Waals surface area contributed by atoms with Crippen LogP contribution in [0.1, 0.15) is 32.6 Å². The Bertz CT molecular complexity index is 289. The lowest BCUT2D eigenvalue weighted by Crippen LogP contribution is -2.56. The Balaban J connectivity index is 1.96. The molecule has 0 radical (unpaired) electrons. The van der Waals surface area contributed by atoms with Crippen LogP contribution in [0.5, 0.6) is 0 Å². The fraction of sp³-hybridized carbons (Fsp3) is 0.923. The number of aliphatic hydroxyl groups excluding tert-OH is 1. The lowest BCUT2D eigenvalue weighted by Gasteiger charge is -2.37. The second-order valence-corrected chi connectivity index (χ2v) is 5.25. The van der Waals surface area contributed by atoms with Crippen LogP contribution in [-0.2, 0) is 14.3 Å². The standard InChI is InChI=1S/C13H23NO4/c1-2-11-10(3-6-18-11)12(16)14-13(9-15)4-7-17-8-5-13/h10-11,15H,2-9H2,1H3,(H,14,16). The van der Waals surface area contributed by atoms with E-state index in [4.69, 9.17) is 9.47 Å². The number of ether oxygens (including phenoxy) is 2. The molecule has 2 aliphatic heterocycles. The van der Waals surface area contributed by atoms with E-state index in [1.807, 2.05) is 6.92 Å². The number of carbonyl (C=O) groups is 1. The van der Waals surface area contributed by atoms with Crippen LogP contribution in [-0.4, -0.2) is 49.1 Å². The number of carbonyl (C=O) groups excluding carboxylic acids is 1. The Morgan fingerprint density at radius 3 is 2.72 bits per heavy atom. The molecule has 2 rings (SSSR count). The molecule has 2 unspecified atom stereocenters. The second kappa shape index (κ2) is 5.99. The average molecular weight is 257 g/mol. The summed E-state index contributed by atoms with van der Waals surface area (Å²) in [5.74, 6) is -0.0448. The maximum Gasteiger partial charge on any atom is 0.226 e. The van der Waals surface area contributed by atoms with E-state index in [9.17, 15) is 9.90 Å². The molecule has 0 saturated carbocycles. The number of rotatable bonds is 4. The van der Waals surface area contributed by atoms with Crippen molar-refractivity contribution < 1.29 is 19.4 Å². The maximum absolute atomic E-state index is 12.3. The van der Waals surface area contributed by atoms with Gasteiger partial charge in [-0.25, -0.2) is 0 Å². The van der Waals surface area contributed by atoms with Crippen molar-refractivity contribution in [2.75, 3.05) is 26.4 Å². The molecule has 104 valence electrons. The zero-order valence-electron chi connectivity index (χ0n) is 11.0. The van der Waals surface area contributed by atoms with Crippen LogP contribution in [0.25, 0.3) is 0 Å². The van der Waals surface area contributed by atoms with Crippen molar-refractivity contribution in [3.63, 3.8) is 0 Å². The maximum atomic E-state index is 12.3. The first-order valence-electron chi connectivity index (χ1n) is 6.83. The van der Waals surface area contributed by atoms with Gasteiger partial charge in [0.05, 0.1) is 24.2 Å². The summed E-state index contributed by atoms with van der Waals surface area (Å²) in [5, 5.41) is 12.6. The van der Waals surface area contributed by atoms with Gasteiger partial charge in [-0.15, -0.1) is 0 Å². The van der Waals surface area contributed by atoms with Gasteiger partial charge in [0.2, 0.25) is 5.91 Å². The fourth-order valence-electron chi connectivity index (χ4n) is 2.79. The number of hydrogen-bond acceptors (Lipinski definition) is 4. The summed E-state index contributed by atoms with van der Waals surface area (Å²) in [4.78, 5) is 12.3. The van der Waals surface area contributed by atoms with Gasteiger partial charge in [-0.05, 0) is 25.7 Å². The molecule has 18 heavy (non-hydrogen) atoms. The van der Waals surface area contributed by atoms with E-state index in [0.29, 0.717) is 32.7 Å². The van der Waals surface area contributed by atoms with E-state index in [0.717, 1.165) is 12.8 Å². The number of hydrogen-bond donors (Lipinski definition) is 2. The largest absolute Gasteiger partial charge is 0.394 e. The molecule has 2 atom stereocenters. The second-order valence-electron chi connectivity index (χ2n) is 5.25. The summed E-state index contributed by atoms with van der Waals surface area (Å²) in [6.07, 6.45) is 3.02. The summed E-state index contributed by atoms with van der Waals surface area (Å²) in [5.41, 5.74) is -0.490. The number of amides is 1. The lowest BCUT2D eigenvalue weighted by molar-refractivity contribution is -0.131. The predicted octanol–water partition coefficient (Wildman–Crippen LogP) is 0.459. The molecule has 5 heteroatoms. The van der Waals surface area contributed by atoms with Crippen LogP contribution in [0.15, 0.2) is 0 Å². The minimum atomic E-state index is -0.490. The Hall–Kier alpha value is -0.650. The molecule has 2 saturated heterocycles. The highest BCUT2D eigenvalue weighted by Crippen LogP contribution is 2.26. The average Bonchev–Trinajstić information content (AvgIpc) is 2.88. The fourth-order valence-corrected chi connectivity index (χ4v) is 2.79. The van der Waals surface area contributed by atoms with Crippen molar-refractivity contribution in [3.05, 3.63) is 0 Å². The van der Waals surface area contributed by atoms with E-state index < -0.39 is 5.54 Å². The van der Waals surface area contributed by atoms with Crippen molar-refractivity contribution in [1.29, 1.82) is 0 Å². The first kappa shape index (κ1) is 13.8. The van der Waals surface area contributed by atoms with Gasteiger partial charge in [-0.1, -0.05) is 6.92 Å². The van der Waals surface area contributed by atoms with Crippen molar-refractivity contribution in [1.82, 2.24) is 5.32 Å². The lowest BCUT2D eigenvalue weighted by atomic mass is 9.89. The summed E-state index contributed by atoms with van der Waals surface area (Å²) in [6.45, 7) is 3.86. The number of aliphatic hydroxyl groups is 1. The number of nitrogens with one attached hydrogen (secondary N) is 1. The third-order valence-corrected chi connectivity index (χ3v) is 4.09. The van der Waals surface area contributed by atoms with Gasteiger partial charge in [0, 0.05) is 19.8 Å². The molecule has 2 N–H and O–H groups in total. The summed E-state index contributed by atoms with van der Waals surface area (Å²) in [7, 11) is 0. The molecule has 0 aliphatic carbocycles. The normalized spacial score (nSPS) is 31.2. The van der Waals surface area contributed by atoms with Gasteiger partial charge in [-0.3, -0.25) is 4.79 Å². The van der Waals surface area contributed by atoms with Gasteiger partial charge in [0.1, 0.15) is 0 Å². The highest BCUT2D eigenvalue weighted by Gasteiger charge is 2.39. The van der Waals surface area contributed by atoms with Crippen LogP contribution in [0.2, 0.25) is 0 Å². The van der Waals surface area contributed by atoms with Crippen molar-refractivity contribution in [2.45, 2.75) is 44.2 Å². The zero-order chi connectivity index (χ0) is 13.0. The SMILES string of the molecule is CCC1OCCC1C(=O)NC1(CO)CCOCC1. The van der Waals surface area contributed by atoms with E-state index in [2.05, 4.69) is 5.32 Å². The molecule has 2 aliphatic rings. The Morgan fingerprint density at radius 1 is 1.39 bits per heavy atom. The molecule has 0 spiro atoms. The monoisotopic (exact) mass is 257 g/mol. The molecule has 0 aromatic rings. The predicted molar refractivity (Wildman–Crippen MR) is 66.2 cm³/mol. The summed E-state index contributed by atoms with van der Waals surface area (Å²) < 4.78 is 10.8. The molecule has 2 fully saturated rings. The van der Waals surface area contributed by atoms with Gasteiger partial charge in [0.15, 0.2) is 0 Å². The molecule has 0 bridgehead atoms. The van der Waals surface area contributed by atoms with Crippen LogP contribution in [0.4, 0.5) is 0 Å². The molecule has 1 amide bonds. The highest BCUT2D eigenvalue weighted by molar-refractivity contribution is 5.80. The minimum Gasteiger partial charge on any atom is -0.394 e. The van der Waals surface area contributed by atoms with Crippen molar-refractivity contribution in [2.24, 2.45) is 5.92 Å². The summed E-state index contributed by atoms with van der Waals surface area (Å²) in [6, 6.07) is 0. The highest BCUT2D eigenvalue weighted by atomic mass is 16.5. The molecule has 5 nitrogen and oxygen atoms in total. The molecule has 0 aromatic heterocycles. The minimum absolute atomic E-state index is 0.0214. The summed E-state index contributed by atoms with van der Waals surface area (Å²) >= 11 is 0. The van der Waals surface area contributed by atoms with Crippen molar-refractivity contribution in [3.8, 4) is 0 Å². The third kappa shape index (κ3) is 2.84. The van der Waals surface area contributed by atoms with Gasteiger partial charge >= 0.3 is 0 Å². The van der Waals surface area contributed by atoms with Crippen LogP contribution >= 0.6 is 0 Å².